The number of nitrogens with zero attached hydrogens (tertiary/aromatic N) is 1. The first-order chi connectivity index (χ1) is 7.57. The highest BCUT2D eigenvalue weighted by molar-refractivity contribution is 5.62. The lowest BCUT2D eigenvalue weighted by Crippen LogP contribution is -2.08. The largest absolute Gasteiger partial charge is 0.264 e. The van der Waals surface area contributed by atoms with Crippen LogP contribution in [0.3, 0.4) is 0 Å². The number of alkyl halides is 1. The van der Waals surface area contributed by atoms with E-state index in [1.165, 1.54) is 6.92 Å². The highest BCUT2D eigenvalue weighted by Crippen LogP contribution is 2.26. The molecular formula is C14H13FN. The lowest BCUT2D eigenvalue weighted by molar-refractivity contribution is 0.260. The third-order valence-electron chi connectivity index (χ3n) is 2.48. The molecule has 1 heterocycles. The van der Waals surface area contributed by atoms with Gasteiger partial charge in [-0.05, 0) is 36.6 Å². The Kier molecular flexibility index (Phi) is 2.73. The predicted octanol–water partition coefficient (Wildman–Crippen LogP) is 3.77. The number of aromatic nitrogens is 1. The molecular weight excluding hydrogens is 201 g/mol. The van der Waals surface area contributed by atoms with E-state index in [-0.39, 0.29) is 0 Å². The normalized spacial score (nSPS) is 11.4. The Hall–Kier alpha value is -1.70. The Morgan fingerprint density at radius 1 is 1.12 bits per heavy atom. The minimum Gasteiger partial charge on any atom is -0.264 e. The second-order valence-electron chi connectivity index (χ2n) is 4.02. The maximum atomic E-state index is 13.5. The van der Waals surface area contributed by atoms with Crippen molar-refractivity contribution in [2.24, 2.45) is 0 Å². The fraction of sp³-hybridized carbons (Fsp3) is 0.143. The van der Waals surface area contributed by atoms with E-state index in [4.69, 9.17) is 0 Å². The van der Waals surface area contributed by atoms with Gasteiger partial charge in [0.25, 0.3) is 0 Å². The van der Waals surface area contributed by atoms with Crippen molar-refractivity contribution in [3.63, 3.8) is 0 Å². The van der Waals surface area contributed by atoms with Gasteiger partial charge in [0, 0.05) is 12.4 Å². The van der Waals surface area contributed by atoms with Crippen molar-refractivity contribution in [2.75, 3.05) is 0 Å². The topological polar surface area (TPSA) is 12.9 Å². The second kappa shape index (κ2) is 4.05. The Labute approximate surface area is 95.0 Å². The van der Waals surface area contributed by atoms with Gasteiger partial charge in [-0.1, -0.05) is 30.3 Å². The average Bonchev–Trinajstić information content (AvgIpc) is 2.29. The third-order valence-corrected chi connectivity index (χ3v) is 2.48. The molecule has 0 N–H and O–H groups in total. The van der Waals surface area contributed by atoms with Gasteiger partial charge < -0.3 is 0 Å². The smallest absolute Gasteiger partial charge is 0.133 e. The summed E-state index contributed by atoms with van der Waals surface area (Å²) in [6.07, 6.45) is 3.51. The zero-order valence-corrected chi connectivity index (χ0v) is 9.15. The van der Waals surface area contributed by atoms with Crippen molar-refractivity contribution >= 4 is 0 Å². The molecule has 0 bridgehead atoms. The Morgan fingerprint density at radius 3 is 2.31 bits per heavy atom. The van der Waals surface area contributed by atoms with E-state index in [2.05, 4.69) is 11.9 Å². The van der Waals surface area contributed by atoms with Gasteiger partial charge >= 0.3 is 0 Å². The van der Waals surface area contributed by atoms with Crippen LogP contribution in [-0.4, -0.2) is 4.98 Å². The monoisotopic (exact) mass is 214 g/mol. The van der Waals surface area contributed by atoms with Crippen LogP contribution in [0.1, 0.15) is 12.5 Å². The standard InChI is InChI=1S/C14H13FN/c1-14(2,15)13-7-5-11(6-8-13)12-4-3-9-16-10-12/h3-10H,1H2,2H3. The summed E-state index contributed by atoms with van der Waals surface area (Å²) >= 11 is 0. The van der Waals surface area contributed by atoms with Crippen LogP contribution in [0.4, 0.5) is 4.39 Å². The second-order valence-corrected chi connectivity index (χ2v) is 4.02. The molecule has 2 aromatic rings. The molecule has 0 fully saturated rings. The third kappa shape index (κ3) is 2.27. The van der Waals surface area contributed by atoms with E-state index in [0.29, 0.717) is 5.56 Å². The van der Waals surface area contributed by atoms with Gasteiger partial charge in [0.1, 0.15) is 5.67 Å². The molecule has 2 rings (SSSR count). The summed E-state index contributed by atoms with van der Waals surface area (Å²) in [5, 5.41) is 0. The van der Waals surface area contributed by atoms with Gasteiger partial charge in [-0.25, -0.2) is 4.39 Å². The van der Waals surface area contributed by atoms with Crippen LogP contribution in [-0.2, 0) is 5.67 Å². The van der Waals surface area contributed by atoms with Gasteiger partial charge in [0.2, 0.25) is 0 Å². The molecule has 16 heavy (non-hydrogen) atoms. The first-order valence-corrected chi connectivity index (χ1v) is 5.12. The van der Waals surface area contributed by atoms with Crippen molar-refractivity contribution in [3.05, 3.63) is 61.3 Å². The van der Waals surface area contributed by atoms with Crippen LogP contribution in [0.2, 0.25) is 0 Å². The molecule has 0 saturated heterocycles. The number of rotatable bonds is 2. The summed E-state index contributed by atoms with van der Waals surface area (Å²) in [5.41, 5.74) is 1.10. The average molecular weight is 214 g/mol. The molecule has 0 aliphatic heterocycles. The van der Waals surface area contributed by atoms with Crippen molar-refractivity contribution in [2.45, 2.75) is 12.6 Å². The van der Waals surface area contributed by atoms with Crippen LogP contribution in [0.25, 0.3) is 11.1 Å². The van der Waals surface area contributed by atoms with Crippen LogP contribution in [0.5, 0.6) is 0 Å². The molecule has 2 heteroatoms. The van der Waals surface area contributed by atoms with Crippen LogP contribution >= 0.6 is 0 Å². The Balaban J connectivity index is 2.34. The molecule has 1 aromatic carbocycles. The molecule has 0 saturated carbocycles. The highest BCUT2D eigenvalue weighted by atomic mass is 19.1. The van der Waals surface area contributed by atoms with Gasteiger partial charge in [0.05, 0.1) is 0 Å². The van der Waals surface area contributed by atoms with E-state index in [9.17, 15) is 4.39 Å². The summed E-state index contributed by atoms with van der Waals surface area (Å²) in [6, 6.07) is 11.1. The van der Waals surface area contributed by atoms with Crippen molar-refractivity contribution in [1.82, 2.24) is 4.98 Å². The minimum absolute atomic E-state index is 0.583. The summed E-state index contributed by atoms with van der Waals surface area (Å²) in [6.45, 7) is 4.91. The van der Waals surface area contributed by atoms with E-state index in [0.717, 1.165) is 11.1 Å². The molecule has 0 aliphatic rings. The molecule has 1 aromatic heterocycles. The minimum atomic E-state index is -1.53. The van der Waals surface area contributed by atoms with Crippen molar-refractivity contribution < 1.29 is 4.39 Å². The Bertz CT molecular complexity index is 454. The fourth-order valence-electron chi connectivity index (χ4n) is 1.54. The van der Waals surface area contributed by atoms with E-state index in [1.807, 2.05) is 24.3 Å². The zero-order chi connectivity index (χ0) is 11.6. The molecule has 1 nitrogen and oxygen atoms in total. The molecule has 1 atom stereocenters. The first kappa shape index (κ1) is 10.8. The fourth-order valence-corrected chi connectivity index (χ4v) is 1.54. The van der Waals surface area contributed by atoms with Crippen molar-refractivity contribution in [1.29, 1.82) is 0 Å². The SMILES string of the molecule is [CH2]C(C)(F)c1ccc(-c2cccnc2)cc1. The molecule has 1 radical (unpaired) electrons. The predicted molar refractivity (Wildman–Crippen MR) is 63.5 cm³/mol. The number of pyridine rings is 1. The summed E-state index contributed by atoms with van der Waals surface area (Å²) in [4.78, 5) is 4.05. The first-order valence-electron chi connectivity index (χ1n) is 5.12. The van der Waals surface area contributed by atoms with Gasteiger partial charge in [-0.15, -0.1) is 0 Å². The van der Waals surface area contributed by atoms with E-state index in [1.54, 1.807) is 24.5 Å². The summed E-state index contributed by atoms with van der Waals surface area (Å²) in [7, 11) is 0. The summed E-state index contributed by atoms with van der Waals surface area (Å²) in [5.74, 6) is 0. The number of hydrogen-bond acceptors (Lipinski definition) is 1. The zero-order valence-electron chi connectivity index (χ0n) is 9.15. The molecule has 81 valence electrons. The van der Waals surface area contributed by atoms with Crippen LogP contribution in [0.15, 0.2) is 48.8 Å². The maximum Gasteiger partial charge on any atom is 0.133 e. The van der Waals surface area contributed by atoms with Gasteiger partial charge in [-0.3, -0.25) is 4.98 Å². The van der Waals surface area contributed by atoms with E-state index < -0.39 is 5.67 Å². The molecule has 1 unspecified atom stereocenters. The lowest BCUT2D eigenvalue weighted by atomic mass is 9.97. The number of benzene rings is 1. The van der Waals surface area contributed by atoms with Crippen LogP contribution < -0.4 is 0 Å². The quantitative estimate of drug-likeness (QED) is 0.741. The lowest BCUT2D eigenvalue weighted by Gasteiger charge is -2.14. The highest BCUT2D eigenvalue weighted by Gasteiger charge is 2.18. The maximum absolute atomic E-state index is 13.5. The number of hydrogen-bond donors (Lipinski definition) is 0. The van der Waals surface area contributed by atoms with E-state index >= 15 is 0 Å². The Morgan fingerprint density at radius 2 is 1.81 bits per heavy atom. The molecule has 0 amide bonds. The molecule has 0 spiro atoms. The van der Waals surface area contributed by atoms with Crippen LogP contribution in [0, 0.1) is 6.92 Å². The van der Waals surface area contributed by atoms with Gasteiger partial charge in [0.15, 0.2) is 0 Å². The van der Waals surface area contributed by atoms with Gasteiger partial charge in [-0.2, -0.15) is 0 Å². The number of halogens is 1. The molecule has 0 aliphatic carbocycles. The summed E-state index contributed by atoms with van der Waals surface area (Å²) < 4.78 is 13.5. The van der Waals surface area contributed by atoms with Crippen molar-refractivity contribution in [3.8, 4) is 11.1 Å².